The lowest BCUT2D eigenvalue weighted by molar-refractivity contribution is 0.242. The molecule has 5 nitrogen and oxygen atoms in total. The quantitative estimate of drug-likeness (QED) is 0.711. The number of rotatable bonds is 3. The molecule has 1 aliphatic rings. The van der Waals surface area contributed by atoms with Gasteiger partial charge in [-0.15, -0.1) is 11.3 Å². The van der Waals surface area contributed by atoms with E-state index in [9.17, 15) is 4.79 Å². The van der Waals surface area contributed by atoms with Crippen molar-refractivity contribution in [3.63, 3.8) is 0 Å². The van der Waals surface area contributed by atoms with Crippen LogP contribution in [0.5, 0.6) is 0 Å². The molecule has 25 heavy (non-hydrogen) atoms. The fourth-order valence-corrected chi connectivity index (χ4v) is 4.12. The Bertz CT molecular complexity index is 958. The predicted molar refractivity (Wildman–Crippen MR) is 102 cm³/mol. The molecule has 0 bridgehead atoms. The lowest BCUT2D eigenvalue weighted by Crippen LogP contribution is -2.34. The van der Waals surface area contributed by atoms with Crippen molar-refractivity contribution in [3.8, 4) is 11.4 Å². The summed E-state index contributed by atoms with van der Waals surface area (Å²) in [5, 5.41) is 2.18. The number of nitrogens with two attached hydrogens (primary N) is 1. The molecular formula is C19H20N4OS. The first kappa shape index (κ1) is 16.1. The number of thiophene rings is 1. The number of hydrogen-bond acceptors (Lipinski definition) is 5. The molecule has 0 saturated carbocycles. The van der Waals surface area contributed by atoms with E-state index in [1.54, 1.807) is 11.3 Å². The molecule has 2 aromatic heterocycles. The van der Waals surface area contributed by atoms with Crippen LogP contribution in [-0.4, -0.2) is 21.4 Å². The molecule has 1 aromatic carbocycles. The molecule has 0 aliphatic carbocycles. The summed E-state index contributed by atoms with van der Waals surface area (Å²) in [4.78, 5) is 23.8. The monoisotopic (exact) mass is 352 g/mol. The molecular weight excluding hydrogens is 332 g/mol. The second-order valence-corrected chi connectivity index (χ2v) is 7.51. The summed E-state index contributed by atoms with van der Waals surface area (Å²) < 4.78 is 0. The fraction of sp³-hybridized carbons (Fsp3) is 0.263. The van der Waals surface area contributed by atoms with Crippen molar-refractivity contribution < 1.29 is 0 Å². The number of anilines is 1. The highest BCUT2D eigenvalue weighted by atomic mass is 32.1. The number of hydrogen-bond donors (Lipinski definition) is 2. The van der Waals surface area contributed by atoms with E-state index in [1.165, 1.54) is 10.4 Å². The number of nitrogens with one attached hydrogen (secondary N) is 1. The number of H-pyrrole nitrogens is 1. The predicted octanol–water partition coefficient (Wildman–Crippen LogP) is 2.95. The van der Waals surface area contributed by atoms with Gasteiger partial charge in [-0.3, -0.25) is 9.69 Å². The van der Waals surface area contributed by atoms with Crippen LogP contribution in [0.25, 0.3) is 11.4 Å². The first-order chi connectivity index (χ1) is 12.1. The van der Waals surface area contributed by atoms with E-state index in [1.807, 2.05) is 24.3 Å². The average molecular weight is 352 g/mol. The number of nitrogen functional groups attached to an aromatic ring is 1. The van der Waals surface area contributed by atoms with E-state index in [4.69, 9.17) is 10.7 Å². The van der Waals surface area contributed by atoms with E-state index < -0.39 is 0 Å². The Morgan fingerprint density at radius 3 is 2.84 bits per heavy atom. The van der Waals surface area contributed by atoms with Crippen LogP contribution in [0.4, 0.5) is 5.69 Å². The van der Waals surface area contributed by atoms with Crippen molar-refractivity contribution in [1.29, 1.82) is 0 Å². The Kier molecular flexibility index (Phi) is 4.15. The average Bonchev–Trinajstić information content (AvgIpc) is 3.00. The van der Waals surface area contributed by atoms with Gasteiger partial charge >= 0.3 is 0 Å². The summed E-state index contributed by atoms with van der Waals surface area (Å²) in [7, 11) is 0. The zero-order valence-electron chi connectivity index (χ0n) is 14.1. The number of aromatic nitrogens is 2. The molecule has 0 spiro atoms. The number of benzene rings is 1. The third-order valence-corrected chi connectivity index (χ3v) is 5.54. The number of aryl methyl sites for hydroxylation is 1. The van der Waals surface area contributed by atoms with Gasteiger partial charge in [-0.1, -0.05) is 0 Å². The van der Waals surface area contributed by atoms with Crippen molar-refractivity contribution in [2.75, 3.05) is 12.3 Å². The molecule has 0 fully saturated rings. The van der Waals surface area contributed by atoms with Crippen LogP contribution in [-0.2, 0) is 19.5 Å². The summed E-state index contributed by atoms with van der Waals surface area (Å²) in [6.45, 7) is 4.61. The summed E-state index contributed by atoms with van der Waals surface area (Å²) in [6, 6.07) is 9.63. The third kappa shape index (κ3) is 3.36. The van der Waals surface area contributed by atoms with Crippen LogP contribution < -0.4 is 11.3 Å². The molecule has 0 saturated heterocycles. The van der Waals surface area contributed by atoms with Crippen molar-refractivity contribution in [1.82, 2.24) is 14.9 Å². The summed E-state index contributed by atoms with van der Waals surface area (Å²) in [5.74, 6) is 0.609. The minimum absolute atomic E-state index is 0.0246. The lowest BCUT2D eigenvalue weighted by atomic mass is 10.1. The summed E-state index contributed by atoms with van der Waals surface area (Å²) in [6.07, 6.45) is 0.740. The Hall–Kier alpha value is -2.44. The standard InChI is InChI=1S/C19H20N4OS/c1-12-8-15(25-11-12)9-23-7-6-16-17(10-23)21-18(22-19(16)24)13-2-4-14(20)5-3-13/h2-5,8,11H,6-7,9-10,20H2,1H3,(H,21,22,24). The Balaban J connectivity index is 1.62. The van der Waals surface area contributed by atoms with E-state index in [0.29, 0.717) is 18.1 Å². The topological polar surface area (TPSA) is 75.0 Å². The van der Waals surface area contributed by atoms with E-state index in [-0.39, 0.29) is 5.56 Å². The number of nitrogens with zero attached hydrogens (tertiary/aromatic N) is 2. The van der Waals surface area contributed by atoms with Gasteiger partial charge in [-0.05, 0) is 54.6 Å². The second-order valence-electron chi connectivity index (χ2n) is 6.51. The Morgan fingerprint density at radius 2 is 2.12 bits per heavy atom. The summed E-state index contributed by atoms with van der Waals surface area (Å²) in [5.41, 5.74) is 10.3. The minimum Gasteiger partial charge on any atom is -0.399 e. The minimum atomic E-state index is -0.0246. The van der Waals surface area contributed by atoms with Crippen LogP contribution in [0.15, 0.2) is 40.5 Å². The zero-order valence-corrected chi connectivity index (χ0v) is 14.9. The van der Waals surface area contributed by atoms with Gasteiger partial charge in [-0.25, -0.2) is 4.98 Å². The molecule has 128 valence electrons. The zero-order chi connectivity index (χ0) is 17.4. The van der Waals surface area contributed by atoms with Gasteiger partial charge in [0.05, 0.1) is 5.69 Å². The maximum atomic E-state index is 12.5. The smallest absolute Gasteiger partial charge is 0.254 e. The fourth-order valence-electron chi connectivity index (χ4n) is 3.20. The molecule has 4 rings (SSSR count). The van der Waals surface area contributed by atoms with Crippen LogP contribution in [0.2, 0.25) is 0 Å². The molecule has 3 N–H and O–H groups in total. The molecule has 3 aromatic rings. The van der Waals surface area contributed by atoms with Crippen LogP contribution in [0, 0.1) is 6.92 Å². The first-order valence-electron chi connectivity index (χ1n) is 8.33. The van der Waals surface area contributed by atoms with E-state index in [0.717, 1.165) is 36.3 Å². The second kappa shape index (κ2) is 6.46. The molecule has 1 aliphatic heterocycles. The largest absolute Gasteiger partial charge is 0.399 e. The van der Waals surface area contributed by atoms with Crippen molar-refractivity contribution in [2.45, 2.75) is 26.4 Å². The SMILES string of the molecule is Cc1csc(CN2CCc3c(nc(-c4ccc(N)cc4)[nH]c3=O)C2)c1. The molecule has 0 atom stereocenters. The van der Waals surface area contributed by atoms with E-state index in [2.05, 4.69) is 28.3 Å². The molecule has 3 heterocycles. The maximum Gasteiger partial charge on any atom is 0.254 e. The number of aromatic amines is 1. The maximum absolute atomic E-state index is 12.5. The van der Waals surface area contributed by atoms with Crippen LogP contribution >= 0.6 is 11.3 Å². The summed E-state index contributed by atoms with van der Waals surface area (Å²) >= 11 is 1.79. The lowest BCUT2D eigenvalue weighted by Gasteiger charge is -2.27. The van der Waals surface area contributed by atoms with Crippen molar-refractivity contribution in [3.05, 3.63) is 67.8 Å². The van der Waals surface area contributed by atoms with Gasteiger partial charge in [-0.2, -0.15) is 0 Å². The number of fused-ring (bicyclic) bond motifs is 1. The highest BCUT2D eigenvalue weighted by Gasteiger charge is 2.21. The highest BCUT2D eigenvalue weighted by molar-refractivity contribution is 7.10. The van der Waals surface area contributed by atoms with Crippen molar-refractivity contribution in [2.24, 2.45) is 0 Å². The Morgan fingerprint density at radius 1 is 1.32 bits per heavy atom. The van der Waals surface area contributed by atoms with Crippen molar-refractivity contribution >= 4 is 17.0 Å². The van der Waals surface area contributed by atoms with Gasteiger partial charge in [0.2, 0.25) is 0 Å². The van der Waals surface area contributed by atoms with Gasteiger partial charge in [0.15, 0.2) is 0 Å². The van der Waals surface area contributed by atoms with Crippen LogP contribution in [0.1, 0.15) is 21.7 Å². The van der Waals surface area contributed by atoms with Gasteiger partial charge in [0.25, 0.3) is 5.56 Å². The Labute approximate surface area is 150 Å². The molecule has 0 radical (unpaired) electrons. The molecule has 6 heteroatoms. The highest BCUT2D eigenvalue weighted by Crippen LogP contribution is 2.22. The van der Waals surface area contributed by atoms with Gasteiger partial charge in [0, 0.05) is 41.3 Å². The van der Waals surface area contributed by atoms with Crippen LogP contribution in [0.3, 0.4) is 0 Å². The van der Waals surface area contributed by atoms with Gasteiger partial charge < -0.3 is 10.7 Å². The van der Waals surface area contributed by atoms with Gasteiger partial charge in [0.1, 0.15) is 5.82 Å². The van der Waals surface area contributed by atoms with E-state index >= 15 is 0 Å². The molecule has 0 amide bonds. The first-order valence-corrected chi connectivity index (χ1v) is 9.21. The third-order valence-electron chi connectivity index (χ3n) is 4.50. The normalized spacial score (nSPS) is 14.4. The molecule has 0 unspecified atom stereocenters.